The summed E-state index contributed by atoms with van der Waals surface area (Å²) in [5.74, 6) is 0. The molecule has 0 aliphatic rings. The van der Waals surface area contributed by atoms with Crippen LogP contribution in [0.5, 0.6) is 0 Å². The van der Waals surface area contributed by atoms with Gasteiger partial charge in [-0.2, -0.15) is 0 Å². The number of alkyl halides is 1. The van der Waals surface area contributed by atoms with Gasteiger partial charge in [0.15, 0.2) is 0 Å². The van der Waals surface area contributed by atoms with E-state index in [4.69, 9.17) is 9.47 Å². The van der Waals surface area contributed by atoms with Crippen LogP contribution in [-0.4, -0.2) is 25.3 Å². The van der Waals surface area contributed by atoms with Crippen molar-refractivity contribution in [2.75, 3.05) is 25.3 Å². The summed E-state index contributed by atoms with van der Waals surface area (Å²) < 4.78 is 10.3. The van der Waals surface area contributed by atoms with E-state index < -0.39 is 0 Å². The lowest BCUT2D eigenvalue weighted by Gasteiger charge is -2.01. The zero-order chi connectivity index (χ0) is 11.9. The molecule has 0 aliphatic heterocycles. The topological polar surface area (TPSA) is 18.5 Å². The van der Waals surface area contributed by atoms with Crippen LogP contribution in [0, 0.1) is 0 Å². The number of unbranched alkanes of at least 4 members (excludes halogenated alkanes) is 4. The standard InChI is InChI=1S/C13H25BrO2/c1-2-15-13-16-12-10-8-6-4-3-5-7-9-11-14/h6,8H,2-5,7,9-13H2,1H3. The first-order chi connectivity index (χ1) is 7.91. The fourth-order valence-electron chi connectivity index (χ4n) is 1.30. The Morgan fingerprint density at radius 1 is 0.938 bits per heavy atom. The highest BCUT2D eigenvalue weighted by Gasteiger charge is 1.87. The molecule has 0 saturated heterocycles. The summed E-state index contributed by atoms with van der Waals surface area (Å²) in [5, 5.41) is 1.14. The van der Waals surface area contributed by atoms with Gasteiger partial charge in [0.1, 0.15) is 6.79 Å². The highest BCUT2D eigenvalue weighted by molar-refractivity contribution is 9.09. The van der Waals surface area contributed by atoms with E-state index in [2.05, 4.69) is 28.1 Å². The molecule has 0 fully saturated rings. The Hall–Kier alpha value is 0.140. The predicted octanol–water partition coefficient (Wildman–Crippen LogP) is 4.29. The summed E-state index contributed by atoms with van der Waals surface area (Å²) in [5.41, 5.74) is 0. The summed E-state index contributed by atoms with van der Waals surface area (Å²) in [6.07, 6.45) is 12.0. The van der Waals surface area contributed by atoms with Crippen LogP contribution in [0.1, 0.15) is 45.4 Å². The molecular formula is C13H25BrO2. The maximum Gasteiger partial charge on any atom is 0.146 e. The number of hydrogen-bond acceptors (Lipinski definition) is 2. The fourth-order valence-corrected chi connectivity index (χ4v) is 1.69. The van der Waals surface area contributed by atoms with Gasteiger partial charge in [0.25, 0.3) is 0 Å². The van der Waals surface area contributed by atoms with Crippen molar-refractivity contribution >= 4 is 15.9 Å². The molecule has 0 spiro atoms. The minimum absolute atomic E-state index is 0.427. The van der Waals surface area contributed by atoms with Crippen LogP contribution in [0.4, 0.5) is 0 Å². The van der Waals surface area contributed by atoms with Gasteiger partial charge < -0.3 is 9.47 Å². The van der Waals surface area contributed by atoms with Gasteiger partial charge >= 0.3 is 0 Å². The molecule has 0 unspecified atom stereocenters. The van der Waals surface area contributed by atoms with Crippen LogP contribution in [0.15, 0.2) is 12.2 Å². The minimum atomic E-state index is 0.427. The maximum atomic E-state index is 5.26. The second kappa shape index (κ2) is 15.1. The van der Waals surface area contributed by atoms with Crippen LogP contribution in [0.3, 0.4) is 0 Å². The predicted molar refractivity (Wildman–Crippen MR) is 73.1 cm³/mol. The molecule has 0 N–H and O–H groups in total. The molecular weight excluding hydrogens is 268 g/mol. The molecule has 0 amide bonds. The van der Waals surface area contributed by atoms with E-state index in [1.807, 2.05) is 6.92 Å². The van der Waals surface area contributed by atoms with Crippen LogP contribution >= 0.6 is 15.9 Å². The average molecular weight is 293 g/mol. The molecule has 0 aliphatic carbocycles. The lowest BCUT2D eigenvalue weighted by atomic mass is 10.1. The van der Waals surface area contributed by atoms with Crippen LogP contribution < -0.4 is 0 Å². The van der Waals surface area contributed by atoms with Crippen molar-refractivity contribution in [3.8, 4) is 0 Å². The van der Waals surface area contributed by atoms with Gasteiger partial charge in [0.05, 0.1) is 6.61 Å². The molecule has 2 nitrogen and oxygen atoms in total. The lowest BCUT2D eigenvalue weighted by molar-refractivity contribution is -0.0476. The van der Waals surface area contributed by atoms with Gasteiger partial charge in [0, 0.05) is 11.9 Å². The summed E-state index contributed by atoms with van der Waals surface area (Å²) >= 11 is 3.44. The van der Waals surface area contributed by atoms with Gasteiger partial charge in [-0.1, -0.05) is 40.9 Å². The smallest absolute Gasteiger partial charge is 0.146 e. The zero-order valence-electron chi connectivity index (χ0n) is 10.4. The number of ether oxygens (including phenoxy) is 2. The van der Waals surface area contributed by atoms with Crippen LogP contribution in [0.2, 0.25) is 0 Å². The number of allylic oxidation sites excluding steroid dienone is 1. The van der Waals surface area contributed by atoms with Gasteiger partial charge in [-0.15, -0.1) is 0 Å². The molecule has 0 bridgehead atoms. The fraction of sp³-hybridized carbons (Fsp3) is 0.846. The first kappa shape index (κ1) is 16.1. The quantitative estimate of drug-likeness (QED) is 0.231. The first-order valence-electron chi connectivity index (χ1n) is 6.28. The molecule has 96 valence electrons. The van der Waals surface area contributed by atoms with E-state index in [1.54, 1.807) is 0 Å². The number of rotatable bonds is 12. The SMILES string of the molecule is CCOCOCCC=CCCCCCCBr. The van der Waals surface area contributed by atoms with Crippen molar-refractivity contribution in [3.05, 3.63) is 12.2 Å². The van der Waals surface area contributed by atoms with Crippen molar-refractivity contribution in [1.82, 2.24) is 0 Å². The van der Waals surface area contributed by atoms with Gasteiger partial charge in [-0.25, -0.2) is 0 Å². The molecule has 0 rings (SSSR count). The molecule has 0 saturated carbocycles. The molecule has 0 aromatic carbocycles. The Balaban J connectivity index is 2.98. The van der Waals surface area contributed by atoms with E-state index >= 15 is 0 Å². The third-order valence-electron chi connectivity index (χ3n) is 2.22. The molecule has 0 radical (unpaired) electrons. The Kier molecular flexibility index (Phi) is 15.3. The van der Waals surface area contributed by atoms with E-state index in [0.29, 0.717) is 6.79 Å². The lowest BCUT2D eigenvalue weighted by Crippen LogP contribution is -1.99. The van der Waals surface area contributed by atoms with E-state index in [0.717, 1.165) is 25.0 Å². The molecule has 0 aromatic rings. The molecule has 0 heterocycles. The van der Waals surface area contributed by atoms with Crippen molar-refractivity contribution in [2.24, 2.45) is 0 Å². The largest absolute Gasteiger partial charge is 0.356 e. The summed E-state index contributed by atoms with van der Waals surface area (Å²) in [4.78, 5) is 0. The Morgan fingerprint density at radius 2 is 1.69 bits per heavy atom. The van der Waals surface area contributed by atoms with E-state index in [-0.39, 0.29) is 0 Å². The molecule has 0 atom stereocenters. The summed E-state index contributed by atoms with van der Waals surface area (Å²) in [6, 6.07) is 0. The summed E-state index contributed by atoms with van der Waals surface area (Å²) in [6.45, 7) is 3.89. The Morgan fingerprint density at radius 3 is 2.44 bits per heavy atom. The monoisotopic (exact) mass is 292 g/mol. The van der Waals surface area contributed by atoms with Gasteiger partial charge in [0.2, 0.25) is 0 Å². The molecule has 16 heavy (non-hydrogen) atoms. The van der Waals surface area contributed by atoms with Crippen LogP contribution in [-0.2, 0) is 9.47 Å². The van der Waals surface area contributed by atoms with Crippen molar-refractivity contribution in [3.63, 3.8) is 0 Å². The first-order valence-corrected chi connectivity index (χ1v) is 7.40. The third-order valence-corrected chi connectivity index (χ3v) is 2.78. The molecule has 3 heteroatoms. The van der Waals surface area contributed by atoms with Crippen molar-refractivity contribution < 1.29 is 9.47 Å². The highest BCUT2D eigenvalue weighted by atomic mass is 79.9. The average Bonchev–Trinajstić information content (AvgIpc) is 2.31. The third kappa shape index (κ3) is 14.1. The van der Waals surface area contributed by atoms with Gasteiger partial charge in [-0.3, -0.25) is 0 Å². The second-order valence-corrected chi connectivity index (χ2v) is 4.46. The minimum Gasteiger partial charge on any atom is -0.356 e. The van der Waals surface area contributed by atoms with Gasteiger partial charge in [-0.05, 0) is 32.6 Å². The molecule has 0 aromatic heterocycles. The highest BCUT2D eigenvalue weighted by Crippen LogP contribution is 2.05. The van der Waals surface area contributed by atoms with E-state index in [9.17, 15) is 0 Å². The number of halogens is 1. The van der Waals surface area contributed by atoms with Crippen molar-refractivity contribution in [2.45, 2.75) is 45.4 Å². The second-order valence-electron chi connectivity index (χ2n) is 3.67. The van der Waals surface area contributed by atoms with Crippen LogP contribution in [0.25, 0.3) is 0 Å². The van der Waals surface area contributed by atoms with E-state index in [1.165, 1.54) is 32.1 Å². The van der Waals surface area contributed by atoms with Crippen molar-refractivity contribution in [1.29, 1.82) is 0 Å². The Labute approximate surface area is 109 Å². The maximum absolute atomic E-state index is 5.26. The normalized spacial score (nSPS) is 11.4. The zero-order valence-corrected chi connectivity index (χ0v) is 12.0. The summed E-state index contributed by atoms with van der Waals surface area (Å²) in [7, 11) is 0. The Bertz CT molecular complexity index is 133. The number of hydrogen-bond donors (Lipinski definition) is 0.